The summed E-state index contributed by atoms with van der Waals surface area (Å²) in [6.07, 6.45) is 1.32. The lowest BCUT2D eigenvalue weighted by Gasteiger charge is -2.16. The van der Waals surface area contributed by atoms with Gasteiger partial charge in [-0.05, 0) is 62.4 Å². The molecule has 5 heteroatoms. The summed E-state index contributed by atoms with van der Waals surface area (Å²) in [6.45, 7) is 8.36. The molecule has 162 valence electrons. The maximum absolute atomic E-state index is 12.3. The number of ether oxygens (including phenoxy) is 2. The fourth-order valence-corrected chi connectivity index (χ4v) is 3.11. The van der Waals surface area contributed by atoms with Crippen LogP contribution in [0, 0.1) is 0 Å². The molecule has 2 atom stereocenters. The first-order valence-electron chi connectivity index (χ1n) is 10.7. The van der Waals surface area contributed by atoms with E-state index in [9.17, 15) is 9.59 Å². The van der Waals surface area contributed by atoms with Gasteiger partial charge in [0.15, 0.2) is 11.9 Å². The zero-order valence-electron chi connectivity index (χ0n) is 18.4. The Morgan fingerprint density at radius 3 is 2.10 bits per heavy atom. The summed E-state index contributed by atoms with van der Waals surface area (Å²) in [5.41, 5.74) is 3.50. The van der Waals surface area contributed by atoms with Crippen molar-refractivity contribution in [3.63, 3.8) is 0 Å². The molecule has 0 aliphatic carbocycles. The summed E-state index contributed by atoms with van der Waals surface area (Å²) in [5.74, 6) is 0.494. The molecule has 0 aromatic heterocycles. The highest BCUT2D eigenvalue weighted by Crippen LogP contribution is 2.16. The highest BCUT2D eigenvalue weighted by atomic mass is 16.5. The monoisotopic (exact) mass is 411 g/mol. The zero-order valence-corrected chi connectivity index (χ0v) is 18.4. The summed E-state index contributed by atoms with van der Waals surface area (Å²) >= 11 is 0. The van der Waals surface area contributed by atoms with E-state index in [-0.39, 0.29) is 11.7 Å². The van der Waals surface area contributed by atoms with Gasteiger partial charge in [0.05, 0.1) is 0 Å². The zero-order chi connectivity index (χ0) is 21.9. The molecule has 5 nitrogen and oxygen atoms in total. The topological polar surface area (TPSA) is 64.6 Å². The van der Waals surface area contributed by atoms with Crippen LogP contribution in [-0.4, -0.2) is 37.0 Å². The van der Waals surface area contributed by atoms with Crippen molar-refractivity contribution in [2.24, 2.45) is 0 Å². The molecular formula is C25H33NO4. The number of hydrogen-bond donors (Lipinski definition) is 1. The van der Waals surface area contributed by atoms with E-state index in [1.54, 1.807) is 13.8 Å². The van der Waals surface area contributed by atoms with Crippen molar-refractivity contribution in [1.29, 1.82) is 0 Å². The number of carbonyl (C=O) groups excluding carboxylic acids is 2. The minimum atomic E-state index is -0.591. The van der Waals surface area contributed by atoms with E-state index >= 15 is 0 Å². The highest BCUT2D eigenvalue weighted by Gasteiger charge is 2.16. The Kier molecular flexibility index (Phi) is 9.55. The molecule has 0 fully saturated rings. The van der Waals surface area contributed by atoms with Gasteiger partial charge in [0.25, 0.3) is 5.91 Å². The van der Waals surface area contributed by atoms with Gasteiger partial charge in [-0.2, -0.15) is 0 Å². The molecular weight excluding hydrogens is 378 g/mol. The Bertz CT molecular complexity index is 799. The lowest BCUT2D eigenvalue weighted by Crippen LogP contribution is -2.37. The summed E-state index contributed by atoms with van der Waals surface area (Å²) in [5, 5.41) is 2.93. The number of nitrogens with one attached hydrogen (secondary N) is 1. The minimum Gasteiger partial charge on any atom is -0.481 e. The van der Waals surface area contributed by atoms with E-state index in [2.05, 4.69) is 36.5 Å². The molecule has 2 unspecified atom stereocenters. The van der Waals surface area contributed by atoms with Crippen LogP contribution in [0.3, 0.4) is 0 Å². The predicted molar refractivity (Wildman–Crippen MR) is 119 cm³/mol. The largest absolute Gasteiger partial charge is 0.481 e. The molecule has 0 heterocycles. The molecule has 2 aromatic rings. The van der Waals surface area contributed by atoms with Gasteiger partial charge in [-0.3, -0.25) is 9.59 Å². The number of rotatable bonds is 12. The van der Waals surface area contributed by atoms with Crippen molar-refractivity contribution < 1.29 is 19.1 Å². The average Bonchev–Trinajstić information content (AvgIpc) is 2.75. The average molecular weight is 412 g/mol. The number of Topliss-reactive ketones (excluding diaryl/α,β-unsaturated/α-hetero) is 1. The fourth-order valence-electron chi connectivity index (χ4n) is 3.11. The van der Waals surface area contributed by atoms with Crippen LogP contribution in [0.25, 0.3) is 0 Å². The molecule has 0 saturated carbocycles. The van der Waals surface area contributed by atoms with E-state index in [4.69, 9.17) is 9.47 Å². The third-order valence-corrected chi connectivity index (χ3v) is 4.99. The summed E-state index contributed by atoms with van der Waals surface area (Å²) < 4.78 is 11.2. The lowest BCUT2D eigenvalue weighted by atomic mass is 10.1. The Morgan fingerprint density at radius 2 is 1.53 bits per heavy atom. The number of ketones is 1. The Labute approximate surface area is 179 Å². The fraction of sp³-hybridized carbons (Fsp3) is 0.440. The van der Waals surface area contributed by atoms with E-state index in [1.807, 2.05) is 31.2 Å². The van der Waals surface area contributed by atoms with Gasteiger partial charge >= 0.3 is 0 Å². The normalized spacial score (nSPS) is 12.8. The maximum atomic E-state index is 12.3. The molecule has 0 bridgehead atoms. The molecule has 0 spiro atoms. The second kappa shape index (κ2) is 12.1. The Morgan fingerprint density at radius 1 is 0.933 bits per heavy atom. The number of carbonyl (C=O) groups is 2. The van der Waals surface area contributed by atoms with E-state index in [0.717, 1.165) is 18.4 Å². The molecule has 0 saturated heterocycles. The summed E-state index contributed by atoms with van der Waals surface area (Å²) in [7, 11) is 0. The van der Waals surface area contributed by atoms with E-state index in [1.165, 1.54) is 11.1 Å². The first-order valence-corrected chi connectivity index (χ1v) is 10.7. The predicted octanol–water partition coefficient (Wildman–Crippen LogP) is 3.91. The van der Waals surface area contributed by atoms with E-state index < -0.39 is 12.2 Å². The van der Waals surface area contributed by atoms with Gasteiger partial charge in [-0.25, -0.2) is 0 Å². The van der Waals surface area contributed by atoms with Gasteiger partial charge in [0, 0.05) is 19.6 Å². The molecule has 2 aromatic carbocycles. The molecule has 1 N–H and O–H groups in total. The molecule has 0 aliphatic rings. The minimum absolute atomic E-state index is 0.0174. The smallest absolute Gasteiger partial charge is 0.260 e. The number of hydrogen-bond acceptors (Lipinski definition) is 4. The molecule has 30 heavy (non-hydrogen) atoms. The maximum Gasteiger partial charge on any atom is 0.260 e. The first-order chi connectivity index (χ1) is 14.4. The second-order valence-electron chi connectivity index (χ2n) is 7.37. The first kappa shape index (κ1) is 23.6. The van der Waals surface area contributed by atoms with E-state index in [0.29, 0.717) is 25.3 Å². The van der Waals surface area contributed by atoms with Gasteiger partial charge in [-0.15, -0.1) is 0 Å². The second-order valence-corrected chi connectivity index (χ2v) is 7.37. The van der Waals surface area contributed by atoms with Gasteiger partial charge in [0.1, 0.15) is 11.9 Å². The van der Waals surface area contributed by atoms with Gasteiger partial charge in [-0.1, -0.05) is 43.3 Å². The molecule has 0 radical (unpaired) electrons. The van der Waals surface area contributed by atoms with Crippen LogP contribution in [0.1, 0.15) is 44.4 Å². The third kappa shape index (κ3) is 7.64. The number of benzene rings is 2. The van der Waals surface area contributed by atoms with Crippen LogP contribution >= 0.6 is 0 Å². The van der Waals surface area contributed by atoms with Crippen LogP contribution in [0.5, 0.6) is 5.75 Å². The standard InChI is InChI=1S/C25H33NO4/c1-5-20-7-9-21(10-8-20)15-16-26-25(28)19(4)30-23-13-11-22(12-14-23)17-24(18(3)27)29-6-2/h7-14,19,24H,5-6,15-17H2,1-4H3,(H,26,28). The van der Waals surface area contributed by atoms with Crippen molar-refractivity contribution in [2.75, 3.05) is 13.2 Å². The van der Waals surface area contributed by atoms with Gasteiger partial charge < -0.3 is 14.8 Å². The van der Waals surface area contributed by atoms with Crippen LogP contribution in [0.2, 0.25) is 0 Å². The van der Waals surface area contributed by atoms with Gasteiger partial charge in [0.2, 0.25) is 0 Å². The van der Waals surface area contributed by atoms with Crippen molar-refractivity contribution in [2.45, 2.75) is 59.2 Å². The number of amides is 1. The lowest BCUT2D eigenvalue weighted by molar-refractivity contribution is -0.128. The van der Waals surface area contributed by atoms with Crippen LogP contribution in [0.15, 0.2) is 48.5 Å². The Hall–Kier alpha value is -2.66. The third-order valence-electron chi connectivity index (χ3n) is 4.99. The van der Waals surface area contributed by atoms with Crippen molar-refractivity contribution in [3.05, 3.63) is 65.2 Å². The Balaban J connectivity index is 1.79. The summed E-state index contributed by atoms with van der Waals surface area (Å²) in [4.78, 5) is 23.9. The molecule has 2 rings (SSSR count). The molecule has 1 amide bonds. The molecule has 0 aliphatic heterocycles. The highest BCUT2D eigenvalue weighted by molar-refractivity contribution is 5.81. The van der Waals surface area contributed by atoms with Crippen molar-refractivity contribution in [1.82, 2.24) is 5.32 Å². The SMILES string of the molecule is CCOC(Cc1ccc(OC(C)C(=O)NCCc2ccc(CC)cc2)cc1)C(C)=O. The summed E-state index contributed by atoms with van der Waals surface area (Å²) in [6, 6.07) is 15.9. The van der Waals surface area contributed by atoms with Crippen molar-refractivity contribution in [3.8, 4) is 5.75 Å². The van der Waals surface area contributed by atoms with Crippen LogP contribution < -0.4 is 10.1 Å². The van der Waals surface area contributed by atoms with Crippen LogP contribution in [-0.2, 0) is 33.6 Å². The van der Waals surface area contributed by atoms with Crippen molar-refractivity contribution >= 4 is 11.7 Å². The van der Waals surface area contributed by atoms with Crippen LogP contribution in [0.4, 0.5) is 0 Å². The number of aryl methyl sites for hydroxylation is 1. The quantitative estimate of drug-likeness (QED) is 0.575.